The maximum absolute atomic E-state index is 5.53. The second kappa shape index (κ2) is 6.82. The summed E-state index contributed by atoms with van der Waals surface area (Å²) in [5.41, 5.74) is 5.42. The fourth-order valence-electron chi connectivity index (χ4n) is 3.49. The van der Waals surface area contributed by atoms with Gasteiger partial charge in [0.25, 0.3) is 0 Å². The van der Waals surface area contributed by atoms with Crippen molar-refractivity contribution in [2.45, 2.75) is 26.8 Å². The van der Waals surface area contributed by atoms with Crippen LogP contribution >= 0.6 is 0 Å². The van der Waals surface area contributed by atoms with Crippen molar-refractivity contribution >= 4 is 11.8 Å². The zero-order valence-electron chi connectivity index (χ0n) is 15.1. The summed E-state index contributed by atoms with van der Waals surface area (Å²) in [6, 6.07) is 19.7. The number of anilines is 1. The maximum atomic E-state index is 5.53. The Morgan fingerprint density at radius 1 is 0.958 bits per heavy atom. The lowest BCUT2D eigenvalue weighted by molar-refractivity contribution is 0.219. The third kappa shape index (κ3) is 3.54. The van der Waals surface area contributed by atoms with Crippen LogP contribution in [0.15, 0.2) is 60.2 Å². The number of methoxy groups -OCH3 is 1. The Morgan fingerprint density at radius 2 is 1.62 bits per heavy atom. The molecule has 0 fully saturated rings. The fraction of sp³-hybridized carbons (Fsp3) is 0.364. The summed E-state index contributed by atoms with van der Waals surface area (Å²) in [7, 11) is 1.78. The third-order valence-corrected chi connectivity index (χ3v) is 4.32. The van der Waals surface area contributed by atoms with Crippen LogP contribution in [0, 0.1) is 5.41 Å². The predicted molar refractivity (Wildman–Crippen MR) is 102 cm³/mol. The van der Waals surface area contributed by atoms with Crippen molar-refractivity contribution in [1.29, 1.82) is 0 Å². The van der Waals surface area contributed by atoms with Crippen molar-refractivity contribution < 1.29 is 4.74 Å². The highest BCUT2D eigenvalue weighted by Crippen LogP contribution is 2.42. The lowest BCUT2D eigenvalue weighted by atomic mass is 9.87. The van der Waals surface area contributed by atoms with Crippen LogP contribution in [-0.4, -0.2) is 20.3 Å². The van der Waals surface area contributed by atoms with E-state index in [9.17, 15) is 0 Å². The van der Waals surface area contributed by atoms with E-state index in [4.69, 9.17) is 4.74 Å². The Kier molecular flexibility index (Phi) is 4.77. The minimum atomic E-state index is 0.204. The molecule has 0 saturated carbocycles. The molecule has 2 nitrogen and oxygen atoms in total. The highest BCUT2D eigenvalue weighted by molar-refractivity contribution is 5.75. The number of benzene rings is 2. The van der Waals surface area contributed by atoms with Crippen molar-refractivity contribution in [2.24, 2.45) is 5.41 Å². The van der Waals surface area contributed by atoms with Crippen LogP contribution in [0.5, 0.6) is 0 Å². The molecule has 0 aliphatic carbocycles. The second-order valence-corrected chi connectivity index (χ2v) is 7.71. The molecule has 1 aliphatic heterocycles. The van der Waals surface area contributed by atoms with Gasteiger partial charge in [-0.05, 0) is 34.3 Å². The summed E-state index contributed by atoms with van der Waals surface area (Å²) in [6.45, 7) is 8.53. The normalized spacial score (nSPS) is 17.4. The smallest absolute Gasteiger partial charge is 0.0781 e. The number of hydrogen-bond acceptors (Lipinski definition) is 2. The zero-order chi connectivity index (χ0) is 17.2. The topological polar surface area (TPSA) is 12.5 Å². The summed E-state index contributed by atoms with van der Waals surface area (Å²) in [5.74, 6) is 0. The van der Waals surface area contributed by atoms with Crippen LogP contribution in [0.2, 0.25) is 0 Å². The molecule has 3 rings (SSSR count). The number of fused-ring (bicyclic) bond motifs is 1. The first-order valence-corrected chi connectivity index (χ1v) is 8.59. The molecular formula is C22H27NO. The first kappa shape index (κ1) is 16.8. The number of rotatable bonds is 4. The SMILES string of the molecule is COCC1=Cc2ccccc2N(CC(C)(C)C)C1c1ccccc1. The van der Waals surface area contributed by atoms with Crippen LogP contribution in [0.3, 0.4) is 0 Å². The molecule has 0 aromatic heterocycles. The zero-order valence-corrected chi connectivity index (χ0v) is 15.1. The van der Waals surface area contributed by atoms with E-state index in [2.05, 4.69) is 86.3 Å². The molecule has 1 atom stereocenters. The van der Waals surface area contributed by atoms with Crippen molar-refractivity contribution in [3.05, 3.63) is 71.3 Å². The molecule has 0 bridgehead atoms. The maximum Gasteiger partial charge on any atom is 0.0781 e. The van der Waals surface area contributed by atoms with Crippen LogP contribution in [0.4, 0.5) is 5.69 Å². The van der Waals surface area contributed by atoms with Crippen molar-refractivity contribution in [3.63, 3.8) is 0 Å². The molecule has 0 radical (unpaired) electrons. The van der Waals surface area contributed by atoms with Crippen LogP contribution in [0.25, 0.3) is 6.08 Å². The Bertz CT molecular complexity index is 712. The van der Waals surface area contributed by atoms with Gasteiger partial charge >= 0.3 is 0 Å². The van der Waals surface area contributed by atoms with Gasteiger partial charge in [0.15, 0.2) is 0 Å². The molecule has 126 valence electrons. The molecule has 2 heteroatoms. The molecule has 2 aromatic carbocycles. The third-order valence-electron chi connectivity index (χ3n) is 4.32. The van der Waals surface area contributed by atoms with Gasteiger partial charge in [-0.15, -0.1) is 0 Å². The molecule has 1 aliphatic rings. The summed E-state index contributed by atoms with van der Waals surface area (Å²) >= 11 is 0. The van der Waals surface area contributed by atoms with E-state index in [1.807, 2.05) is 0 Å². The van der Waals surface area contributed by atoms with Crippen molar-refractivity contribution in [1.82, 2.24) is 0 Å². The predicted octanol–water partition coefficient (Wildman–Crippen LogP) is 5.32. The lowest BCUT2D eigenvalue weighted by Gasteiger charge is -2.42. The van der Waals surface area contributed by atoms with E-state index >= 15 is 0 Å². The van der Waals surface area contributed by atoms with E-state index in [1.54, 1.807) is 7.11 Å². The molecule has 1 unspecified atom stereocenters. The van der Waals surface area contributed by atoms with E-state index in [0.29, 0.717) is 6.61 Å². The summed E-state index contributed by atoms with van der Waals surface area (Å²) < 4.78 is 5.53. The van der Waals surface area contributed by atoms with E-state index in [1.165, 1.54) is 22.4 Å². The molecule has 0 amide bonds. The van der Waals surface area contributed by atoms with Crippen LogP contribution in [-0.2, 0) is 4.74 Å². The molecular weight excluding hydrogens is 294 g/mol. The molecule has 0 N–H and O–H groups in total. The summed E-state index contributed by atoms with van der Waals surface area (Å²) in [4.78, 5) is 2.54. The molecule has 0 spiro atoms. The number of nitrogens with zero attached hydrogens (tertiary/aromatic N) is 1. The average Bonchev–Trinajstić information content (AvgIpc) is 2.55. The van der Waals surface area contributed by atoms with Gasteiger partial charge in [-0.25, -0.2) is 0 Å². The molecule has 24 heavy (non-hydrogen) atoms. The van der Waals surface area contributed by atoms with Gasteiger partial charge in [0.2, 0.25) is 0 Å². The highest BCUT2D eigenvalue weighted by atomic mass is 16.5. The van der Waals surface area contributed by atoms with Gasteiger partial charge in [0.1, 0.15) is 0 Å². The first-order chi connectivity index (χ1) is 11.5. The van der Waals surface area contributed by atoms with Gasteiger partial charge < -0.3 is 9.64 Å². The minimum absolute atomic E-state index is 0.204. The molecule has 0 saturated heterocycles. The largest absolute Gasteiger partial charge is 0.380 e. The molecule has 2 aromatic rings. The summed E-state index contributed by atoms with van der Waals surface area (Å²) in [5, 5.41) is 0. The Morgan fingerprint density at radius 3 is 2.29 bits per heavy atom. The van der Waals surface area contributed by atoms with Gasteiger partial charge in [-0.3, -0.25) is 0 Å². The van der Waals surface area contributed by atoms with Gasteiger partial charge in [0.05, 0.1) is 12.6 Å². The standard InChI is InChI=1S/C22H27NO/c1-22(2,3)16-23-20-13-9-8-12-18(20)14-19(15-24-4)21(23)17-10-6-5-7-11-17/h5-14,21H,15-16H2,1-4H3. The van der Waals surface area contributed by atoms with Gasteiger partial charge in [-0.1, -0.05) is 69.3 Å². The Hall–Kier alpha value is -2.06. The number of hydrogen-bond donors (Lipinski definition) is 0. The van der Waals surface area contributed by atoms with Crippen molar-refractivity contribution in [2.75, 3.05) is 25.2 Å². The van der Waals surface area contributed by atoms with Crippen molar-refractivity contribution in [3.8, 4) is 0 Å². The quantitative estimate of drug-likeness (QED) is 0.755. The number of para-hydroxylation sites is 1. The second-order valence-electron chi connectivity index (χ2n) is 7.71. The lowest BCUT2D eigenvalue weighted by Crippen LogP contribution is -2.39. The van der Waals surface area contributed by atoms with E-state index in [0.717, 1.165) is 6.54 Å². The van der Waals surface area contributed by atoms with E-state index < -0.39 is 0 Å². The molecule has 1 heterocycles. The Labute approximate surface area is 145 Å². The average molecular weight is 321 g/mol. The minimum Gasteiger partial charge on any atom is -0.380 e. The Balaban J connectivity index is 2.14. The number of ether oxygens (including phenoxy) is 1. The van der Waals surface area contributed by atoms with Crippen LogP contribution < -0.4 is 4.90 Å². The van der Waals surface area contributed by atoms with Gasteiger partial charge in [0, 0.05) is 19.3 Å². The van der Waals surface area contributed by atoms with E-state index in [-0.39, 0.29) is 11.5 Å². The highest BCUT2D eigenvalue weighted by Gasteiger charge is 2.32. The van der Waals surface area contributed by atoms with Gasteiger partial charge in [-0.2, -0.15) is 0 Å². The monoisotopic (exact) mass is 321 g/mol. The first-order valence-electron chi connectivity index (χ1n) is 8.59. The fourth-order valence-corrected chi connectivity index (χ4v) is 3.49. The van der Waals surface area contributed by atoms with Crippen LogP contribution in [0.1, 0.15) is 37.9 Å². The summed E-state index contributed by atoms with van der Waals surface area (Å²) in [6.07, 6.45) is 2.30.